The molecule has 3 rings (SSSR count). The van der Waals surface area contributed by atoms with Crippen molar-refractivity contribution in [1.82, 2.24) is 24.6 Å². The van der Waals surface area contributed by atoms with Gasteiger partial charge >= 0.3 is 0 Å². The molecule has 7 heteroatoms. The van der Waals surface area contributed by atoms with Crippen LogP contribution in [-0.4, -0.2) is 64.3 Å². The first-order chi connectivity index (χ1) is 12.1. The van der Waals surface area contributed by atoms with Crippen molar-refractivity contribution in [3.63, 3.8) is 0 Å². The molecule has 1 fully saturated rings. The lowest BCUT2D eigenvalue weighted by Crippen LogP contribution is -2.34. The highest BCUT2D eigenvalue weighted by Gasteiger charge is 2.21. The zero-order chi connectivity index (χ0) is 17.6. The number of nitrogens with zero attached hydrogens (tertiary/aromatic N) is 5. The maximum absolute atomic E-state index is 11.7. The van der Waals surface area contributed by atoms with Crippen LogP contribution in [0.3, 0.4) is 0 Å². The number of benzene rings is 1. The predicted molar refractivity (Wildman–Crippen MR) is 94.2 cm³/mol. The Morgan fingerprint density at radius 3 is 2.72 bits per heavy atom. The van der Waals surface area contributed by atoms with Crippen LogP contribution < -0.4 is 4.74 Å². The van der Waals surface area contributed by atoms with Crippen molar-refractivity contribution in [2.75, 3.05) is 33.8 Å². The molecular formula is C18H25N5O2. The lowest BCUT2D eigenvalue weighted by Gasteiger charge is -2.32. The SMILES string of the molecule is CN(C)C(=O)COc1ccccc1CN1CCC(n2cncn2)CC1. The number of ether oxygens (including phenoxy) is 1. The van der Waals surface area contributed by atoms with Crippen LogP contribution in [0.1, 0.15) is 24.4 Å². The van der Waals surface area contributed by atoms with Crippen molar-refractivity contribution in [1.29, 1.82) is 0 Å². The summed E-state index contributed by atoms with van der Waals surface area (Å²) in [7, 11) is 3.47. The summed E-state index contributed by atoms with van der Waals surface area (Å²) >= 11 is 0. The minimum absolute atomic E-state index is 0.0385. The van der Waals surface area contributed by atoms with E-state index in [2.05, 4.69) is 21.0 Å². The molecule has 0 bridgehead atoms. The smallest absolute Gasteiger partial charge is 0.259 e. The number of rotatable bonds is 6. The minimum atomic E-state index is -0.0385. The van der Waals surface area contributed by atoms with E-state index in [0.29, 0.717) is 6.04 Å². The summed E-state index contributed by atoms with van der Waals surface area (Å²) in [6, 6.07) is 8.39. The van der Waals surface area contributed by atoms with Crippen LogP contribution >= 0.6 is 0 Å². The standard InChI is InChI=1S/C18H25N5O2/c1-21(2)18(24)12-25-17-6-4-3-5-15(17)11-22-9-7-16(8-10-22)23-14-19-13-20-23/h3-6,13-14,16H,7-12H2,1-2H3. The molecule has 1 aromatic heterocycles. The van der Waals surface area contributed by atoms with Gasteiger partial charge in [-0.3, -0.25) is 9.69 Å². The summed E-state index contributed by atoms with van der Waals surface area (Å²) in [5.74, 6) is 0.750. The maximum atomic E-state index is 11.7. The number of hydrogen-bond acceptors (Lipinski definition) is 5. The molecule has 1 aliphatic heterocycles. The van der Waals surface area contributed by atoms with E-state index >= 15 is 0 Å². The molecule has 0 N–H and O–H groups in total. The van der Waals surface area contributed by atoms with E-state index in [-0.39, 0.29) is 12.5 Å². The monoisotopic (exact) mass is 343 g/mol. The van der Waals surface area contributed by atoms with Crippen LogP contribution in [0.25, 0.3) is 0 Å². The number of likely N-dealkylation sites (tertiary alicyclic amines) is 1. The highest BCUT2D eigenvalue weighted by Crippen LogP contribution is 2.25. The quantitative estimate of drug-likeness (QED) is 0.797. The van der Waals surface area contributed by atoms with Crippen molar-refractivity contribution in [3.05, 3.63) is 42.5 Å². The number of amides is 1. The Bertz CT molecular complexity index is 679. The molecule has 0 spiro atoms. The summed E-state index contributed by atoms with van der Waals surface area (Å²) in [6.07, 6.45) is 5.51. The number of aromatic nitrogens is 3. The van der Waals surface area contributed by atoms with E-state index in [1.807, 2.05) is 22.9 Å². The topological polar surface area (TPSA) is 63.5 Å². The third-order valence-corrected chi connectivity index (χ3v) is 4.58. The molecule has 0 aliphatic carbocycles. The average molecular weight is 343 g/mol. The van der Waals surface area contributed by atoms with Gasteiger partial charge < -0.3 is 9.64 Å². The first kappa shape index (κ1) is 17.4. The second-order valence-electron chi connectivity index (χ2n) is 6.57. The number of likely N-dealkylation sites (N-methyl/N-ethyl adjacent to an activating group) is 1. The van der Waals surface area contributed by atoms with Crippen molar-refractivity contribution in [3.8, 4) is 5.75 Å². The molecule has 1 aliphatic rings. The molecule has 134 valence electrons. The summed E-state index contributed by atoms with van der Waals surface area (Å²) < 4.78 is 7.70. The summed E-state index contributed by atoms with van der Waals surface area (Å²) in [5.41, 5.74) is 1.12. The number of para-hydroxylation sites is 1. The molecule has 25 heavy (non-hydrogen) atoms. The van der Waals surface area contributed by atoms with E-state index in [0.717, 1.165) is 43.8 Å². The van der Waals surface area contributed by atoms with Gasteiger partial charge in [0.1, 0.15) is 18.4 Å². The van der Waals surface area contributed by atoms with Gasteiger partial charge in [-0.05, 0) is 18.9 Å². The molecule has 7 nitrogen and oxygen atoms in total. The van der Waals surface area contributed by atoms with Gasteiger partial charge in [0.2, 0.25) is 0 Å². The number of hydrogen-bond donors (Lipinski definition) is 0. The average Bonchev–Trinajstić information content (AvgIpc) is 3.16. The normalized spacial score (nSPS) is 15.9. The van der Waals surface area contributed by atoms with Crippen LogP contribution in [0.2, 0.25) is 0 Å². The fourth-order valence-corrected chi connectivity index (χ4v) is 3.03. The Morgan fingerprint density at radius 2 is 2.04 bits per heavy atom. The van der Waals surface area contributed by atoms with E-state index in [4.69, 9.17) is 4.74 Å². The molecule has 0 atom stereocenters. The lowest BCUT2D eigenvalue weighted by molar-refractivity contribution is -0.130. The van der Waals surface area contributed by atoms with Gasteiger partial charge in [0.25, 0.3) is 5.91 Å². The molecular weight excluding hydrogens is 318 g/mol. The minimum Gasteiger partial charge on any atom is -0.483 e. The van der Waals surface area contributed by atoms with Crippen molar-refractivity contribution < 1.29 is 9.53 Å². The number of carbonyl (C=O) groups is 1. The molecule has 2 aromatic rings. The molecule has 0 saturated carbocycles. The zero-order valence-electron chi connectivity index (χ0n) is 14.8. The fraction of sp³-hybridized carbons (Fsp3) is 0.500. The third-order valence-electron chi connectivity index (χ3n) is 4.58. The fourth-order valence-electron chi connectivity index (χ4n) is 3.03. The Labute approximate surface area is 148 Å². The summed E-state index contributed by atoms with van der Waals surface area (Å²) in [5, 5.41) is 4.25. The Kier molecular flexibility index (Phi) is 5.65. The molecule has 1 amide bonds. The Hall–Kier alpha value is -2.41. The van der Waals surface area contributed by atoms with E-state index < -0.39 is 0 Å². The second kappa shape index (κ2) is 8.11. The summed E-state index contributed by atoms with van der Waals surface area (Å²) in [6.45, 7) is 2.92. The first-order valence-electron chi connectivity index (χ1n) is 8.61. The van der Waals surface area contributed by atoms with Gasteiger partial charge in [0.05, 0.1) is 6.04 Å². The second-order valence-corrected chi connectivity index (χ2v) is 6.57. The van der Waals surface area contributed by atoms with Crippen molar-refractivity contribution in [2.24, 2.45) is 0 Å². The zero-order valence-corrected chi connectivity index (χ0v) is 14.8. The largest absolute Gasteiger partial charge is 0.483 e. The van der Waals surface area contributed by atoms with Gasteiger partial charge in [-0.25, -0.2) is 9.67 Å². The van der Waals surface area contributed by atoms with Gasteiger partial charge in [0, 0.05) is 39.3 Å². The highest BCUT2D eigenvalue weighted by molar-refractivity contribution is 5.77. The Balaban J connectivity index is 1.55. The van der Waals surface area contributed by atoms with Gasteiger partial charge in [-0.2, -0.15) is 5.10 Å². The maximum Gasteiger partial charge on any atom is 0.259 e. The van der Waals surface area contributed by atoms with Crippen LogP contribution in [0.15, 0.2) is 36.9 Å². The van der Waals surface area contributed by atoms with Gasteiger partial charge in [-0.15, -0.1) is 0 Å². The molecule has 0 radical (unpaired) electrons. The van der Waals surface area contributed by atoms with Crippen molar-refractivity contribution >= 4 is 5.91 Å². The predicted octanol–water partition coefficient (Wildman–Crippen LogP) is 1.58. The van der Waals surface area contributed by atoms with E-state index in [9.17, 15) is 4.79 Å². The van der Waals surface area contributed by atoms with Crippen LogP contribution in [0.5, 0.6) is 5.75 Å². The van der Waals surface area contributed by atoms with Crippen LogP contribution in [0.4, 0.5) is 0 Å². The number of piperidine rings is 1. The molecule has 1 aromatic carbocycles. The van der Waals surface area contributed by atoms with Crippen molar-refractivity contribution in [2.45, 2.75) is 25.4 Å². The van der Waals surface area contributed by atoms with Crippen LogP contribution in [0, 0.1) is 0 Å². The molecule has 2 heterocycles. The third kappa shape index (κ3) is 4.57. The van der Waals surface area contributed by atoms with E-state index in [1.54, 1.807) is 26.7 Å². The van der Waals surface area contributed by atoms with Crippen LogP contribution in [-0.2, 0) is 11.3 Å². The number of carbonyl (C=O) groups excluding carboxylic acids is 1. The van der Waals surface area contributed by atoms with Gasteiger partial charge in [0.15, 0.2) is 6.61 Å². The van der Waals surface area contributed by atoms with E-state index in [1.165, 1.54) is 4.90 Å². The molecule has 1 saturated heterocycles. The first-order valence-corrected chi connectivity index (χ1v) is 8.61. The summed E-state index contributed by atoms with van der Waals surface area (Å²) in [4.78, 5) is 19.7. The molecule has 0 unspecified atom stereocenters. The van der Waals surface area contributed by atoms with Gasteiger partial charge in [-0.1, -0.05) is 18.2 Å². The Morgan fingerprint density at radius 1 is 1.28 bits per heavy atom. The highest BCUT2D eigenvalue weighted by atomic mass is 16.5. The lowest BCUT2D eigenvalue weighted by atomic mass is 10.0.